The van der Waals surface area contributed by atoms with Crippen molar-refractivity contribution in [3.8, 4) is 11.5 Å². The first-order chi connectivity index (χ1) is 10.3. The Morgan fingerprint density at radius 1 is 1.18 bits per heavy atom. The Kier molecular flexibility index (Phi) is 4.32. The standard InChI is InChI=1S/C14H19N3O4S/c1-9-14(10(2)17(3)15-9)16-22(18,19)13-7-6-11(20-4)8-12(13)21-5/h6-8,16H,1-5H3. The van der Waals surface area contributed by atoms with Crippen molar-refractivity contribution < 1.29 is 17.9 Å². The SMILES string of the molecule is COc1ccc(S(=O)(=O)Nc2c(C)nn(C)c2C)c(OC)c1. The van der Waals surface area contributed by atoms with Crippen LogP contribution in [-0.4, -0.2) is 32.4 Å². The van der Waals surface area contributed by atoms with Crippen molar-refractivity contribution in [1.29, 1.82) is 0 Å². The molecule has 1 N–H and O–H groups in total. The Bertz CT molecular complexity index is 797. The van der Waals surface area contributed by atoms with Gasteiger partial charge in [0.2, 0.25) is 0 Å². The normalized spacial score (nSPS) is 11.3. The molecule has 1 heterocycles. The van der Waals surface area contributed by atoms with E-state index in [4.69, 9.17) is 9.47 Å². The Balaban J connectivity index is 2.47. The van der Waals surface area contributed by atoms with Gasteiger partial charge in [-0.1, -0.05) is 0 Å². The number of rotatable bonds is 5. The lowest BCUT2D eigenvalue weighted by Crippen LogP contribution is -2.15. The molecule has 0 radical (unpaired) electrons. The summed E-state index contributed by atoms with van der Waals surface area (Å²) >= 11 is 0. The number of hydrogen-bond donors (Lipinski definition) is 1. The molecule has 0 amide bonds. The Hall–Kier alpha value is -2.22. The number of methoxy groups -OCH3 is 2. The quantitative estimate of drug-likeness (QED) is 0.907. The Morgan fingerprint density at radius 3 is 2.36 bits per heavy atom. The molecule has 1 aromatic heterocycles. The minimum Gasteiger partial charge on any atom is -0.497 e. The van der Waals surface area contributed by atoms with Gasteiger partial charge in [0.15, 0.2) is 0 Å². The van der Waals surface area contributed by atoms with Crippen LogP contribution in [0, 0.1) is 13.8 Å². The first kappa shape index (κ1) is 16.2. The average molecular weight is 325 g/mol. The molecule has 2 aromatic rings. The molecule has 0 aliphatic heterocycles. The molecule has 0 unspecified atom stereocenters. The molecule has 8 heteroatoms. The number of aryl methyl sites for hydroxylation is 2. The van der Waals surface area contributed by atoms with Crippen LogP contribution in [0.25, 0.3) is 0 Å². The van der Waals surface area contributed by atoms with Crippen molar-refractivity contribution in [2.75, 3.05) is 18.9 Å². The number of ether oxygens (including phenoxy) is 2. The fourth-order valence-electron chi connectivity index (χ4n) is 2.11. The van der Waals surface area contributed by atoms with Gasteiger partial charge in [0.05, 0.1) is 31.3 Å². The van der Waals surface area contributed by atoms with E-state index in [0.717, 1.165) is 5.69 Å². The molecule has 22 heavy (non-hydrogen) atoms. The summed E-state index contributed by atoms with van der Waals surface area (Å²) in [5.74, 6) is 0.732. The summed E-state index contributed by atoms with van der Waals surface area (Å²) in [6.07, 6.45) is 0. The number of sulfonamides is 1. The van der Waals surface area contributed by atoms with Crippen molar-refractivity contribution in [2.24, 2.45) is 7.05 Å². The van der Waals surface area contributed by atoms with Crippen LogP contribution in [0.3, 0.4) is 0 Å². The average Bonchev–Trinajstić information content (AvgIpc) is 2.72. The van der Waals surface area contributed by atoms with Crippen LogP contribution < -0.4 is 14.2 Å². The molecule has 0 saturated carbocycles. The van der Waals surface area contributed by atoms with Gasteiger partial charge in [0, 0.05) is 13.1 Å². The van der Waals surface area contributed by atoms with E-state index in [-0.39, 0.29) is 10.6 Å². The maximum atomic E-state index is 12.6. The van der Waals surface area contributed by atoms with Crippen molar-refractivity contribution >= 4 is 15.7 Å². The zero-order valence-corrected chi connectivity index (χ0v) is 14.0. The van der Waals surface area contributed by atoms with Gasteiger partial charge < -0.3 is 9.47 Å². The summed E-state index contributed by atoms with van der Waals surface area (Å²) in [7, 11) is 0.876. The number of nitrogens with zero attached hydrogens (tertiary/aromatic N) is 2. The van der Waals surface area contributed by atoms with Crippen LogP contribution in [0.15, 0.2) is 23.1 Å². The van der Waals surface area contributed by atoms with Gasteiger partial charge in [-0.2, -0.15) is 5.10 Å². The van der Waals surface area contributed by atoms with E-state index in [1.807, 2.05) is 0 Å². The number of aromatic nitrogens is 2. The highest BCUT2D eigenvalue weighted by Gasteiger charge is 2.23. The second kappa shape index (κ2) is 5.88. The number of benzene rings is 1. The Labute approximate surface area is 129 Å². The van der Waals surface area contributed by atoms with Crippen LogP contribution in [0.2, 0.25) is 0 Å². The first-order valence-corrected chi connectivity index (χ1v) is 8.03. The van der Waals surface area contributed by atoms with Gasteiger partial charge >= 0.3 is 0 Å². The molecule has 0 aliphatic rings. The smallest absolute Gasteiger partial charge is 0.265 e. The van der Waals surface area contributed by atoms with Crippen LogP contribution in [0.4, 0.5) is 5.69 Å². The first-order valence-electron chi connectivity index (χ1n) is 6.55. The second-order valence-electron chi connectivity index (χ2n) is 4.79. The molecule has 0 saturated heterocycles. The van der Waals surface area contributed by atoms with Crippen LogP contribution in [-0.2, 0) is 17.1 Å². The van der Waals surface area contributed by atoms with E-state index in [9.17, 15) is 8.42 Å². The number of anilines is 1. The van der Waals surface area contributed by atoms with Crippen LogP contribution in [0.5, 0.6) is 11.5 Å². The van der Waals surface area contributed by atoms with Gasteiger partial charge in [-0.3, -0.25) is 9.40 Å². The molecule has 1 aromatic carbocycles. The second-order valence-corrected chi connectivity index (χ2v) is 6.44. The Morgan fingerprint density at radius 2 is 1.86 bits per heavy atom. The van der Waals surface area contributed by atoms with Crippen molar-refractivity contribution in [1.82, 2.24) is 9.78 Å². The third kappa shape index (κ3) is 2.87. The van der Waals surface area contributed by atoms with Gasteiger partial charge in [-0.25, -0.2) is 8.42 Å². The summed E-state index contributed by atoms with van der Waals surface area (Å²) in [4.78, 5) is 0.0402. The fraction of sp³-hybridized carbons (Fsp3) is 0.357. The summed E-state index contributed by atoms with van der Waals surface area (Å²) in [6.45, 7) is 3.54. The summed E-state index contributed by atoms with van der Waals surface area (Å²) < 4.78 is 39.7. The summed E-state index contributed by atoms with van der Waals surface area (Å²) in [5, 5.41) is 4.20. The van der Waals surface area contributed by atoms with E-state index in [1.54, 1.807) is 31.6 Å². The monoisotopic (exact) mass is 325 g/mol. The third-order valence-corrected chi connectivity index (χ3v) is 4.79. The maximum Gasteiger partial charge on any atom is 0.265 e. The highest BCUT2D eigenvalue weighted by atomic mass is 32.2. The molecule has 120 valence electrons. The van der Waals surface area contributed by atoms with Gasteiger partial charge in [-0.05, 0) is 26.0 Å². The largest absolute Gasteiger partial charge is 0.497 e. The lowest BCUT2D eigenvalue weighted by Gasteiger charge is -2.13. The molecule has 0 atom stereocenters. The molecule has 0 spiro atoms. The molecular weight excluding hydrogens is 306 g/mol. The highest BCUT2D eigenvalue weighted by Crippen LogP contribution is 2.31. The van der Waals surface area contributed by atoms with Gasteiger partial charge in [-0.15, -0.1) is 0 Å². The van der Waals surface area contributed by atoms with Crippen LogP contribution >= 0.6 is 0 Å². The zero-order chi connectivity index (χ0) is 16.5. The highest BCUT2D eigenvalue weighted by molar-refractivity contribution is 7.92. The molecule has 2 rings (SSSR count). The van der Waals surface area contributed by atoms with Crippen molar-refractivity contribution in [3.63, 3.8) is 0 Å². The topological polar surface area (TPSA) is 82.5 Å². The lowest BCUT2D eigenvalue weighted by molar-refractivity contribution is 0.386. The number of nitrogens with one attached hydrogen (secondary N) is 1. The molecular formula is C14H19N3O4S. The third-order valence-electron chi connectivity index (χ3n) is 3.41. The predicted octanol–water partition coefficient (Wildman–Crippen LogP) is 1.85. The van der Waals surface area contributed by atoms with E-state index in [0.29, 0.717) is 17.1 Å². The summed E-state index contributed by atoms with van der Waals surface area (Å²) in [5.41, 5.74) is 1.81. The van der Waals surface area contributed by atoms with E-state index in [1.165, 1.54) is 26.4 Å². The van der Waals surface area contributed by atoms with Gasteiger partial charge in [0.25, 0.3) is 10.0 Å². The van der Waals surface area contributed by atoms with E-state index >= 15 is 0 Å². The lowest BCUT2D eigenvalue weighted by atomic mass is 10.3. The zero-order valence-electron chi connectivity index (χ0n) is 13.2. The van der Waals surface area contributed by atoms with E-state index in [2.05, 4.69) is 9.82 Å². The van der Waals surface area contributed by atoms with Crippen molar-refractivity contribution in [3.05, 3.63) is 29.6 Å². The maximum absolute atomic E-state index is 12.6. The van der Waals surface area contributed by atoms with E-state index < -0.39 is 10.0 Å². The van der Waals surface area contributed by atoms with Crippen molar-refractivity contribution in [2.45, 2.75) is 18.7 Å². The van der Waals surface area contributed by atoms with Gasteiger partial charge in [0.1, 0.15) is 16.4 Å². The predicted molar refractivity (Wildman–Crippen MR) is 83.0 cm³/mol. The fourth-order valence-corrected chi connectivity index (χ4v) is 3.44. The van der Waals surface area contributed by atoms with Crippen LogP contribution in [0.1, 0.15) is 11.4 Å². The minimum absolute atomic E-state index is 0.0402. The molecule has 7 nitrogen and oxygen atoms in total. The number of hydrogen-bond acceptors (Lipinski definition) is 5. The summed E-state index contributed by atoms with van der Waals surface area (Å²) in [6, 6.07) is 4.54. The molecule has 0 bridgehead atoms. The molecule has 0 fully saturated rings. The minimum atomic E-state index is -3.80. The molecule has 0 aliphatic carbocycles.